The normalized spacial score (nSPS) is 15.6. The van der Waals surface area contributed by atoms with E-state index >= 15 is 0 Å². The molecule has 0 saturated heterocycles. The number of benzene rings is 1. The van der Waals surface area contributed by atoms with E-state index in [4.69, 9.17) is 0 Å². The van der Waals surface area contributed by atoms with Gasteiger partial charge in [0.2, 0.25) is 5.91 Å². The van der Waals surface area contributed by atoms with Crippen molar-refractivity contribution in [3.63, 3.8) is 0 Å². The van der Waals surface area contributed by atoms with Gasteiger partial charge >= 0.3 is 0 Å². The van der Waals surface area contributed by atoms with Crippen LogP contribution in [0.5, 0.6) is 0 Å². The molecule has 0 unspecified atom stereocenters. The van der Waals surface area contributed by atoms with Gasteiger partial charge in [0.25, 0.3) is 0 Å². The summed E-state index contributed by atoms with van der Waals surface area (Å²) in [5.74, 6) is 0.168. The molecule has 1 aromatic carbocycles. The highest BCUT2D eigenvalue weighted by molar-refractivity contribution is 5.91. The molecule has 0 radical (unpaired) electrons. The summed E-state index contributed by atoms with van der Waals surface area (Å²) in [7, 11) is 1.90. The molecular weight excluding hydrogens is 274 g/mol. The van der Waals surface area contributed by atoms with Crippen molar-refractivity contribution in [1.29, 1.82) is 0 Å². The fourth-order valence-electron chi connectivity index (χ4n) is 3.11. The van der Waals surface area contributed by atoms with Crippen molar-refractivity contribution >= 4 is 5.91 Å². The van der Waals surface area contributed by atoms with E-state index in [0.29, 0.717) is 6.54 Å². The highest BCUT2D eigenvalue weighted by Crippen LogP contribution is 2.48. The van der Waals surface area contributed by atoms with E-state index in [9.17, 15) is 4.79 Å². The lowest BCUT2D eigenvalue weighted by molar-refractivity contribution is -0.123. The topological polar surface area (TPSA) is 46.9 Å². The third-order valence-electron chi connectivity index (χ3n) is 4.42. The summed E-state index contributed by atoms with van der Waals surface area (Å²) in [6, 6.07) is 6.46. The van der Waals surface area contributed by atoms with Gasteiger partial charge in [-0.05, 0) is 44.2 Å². The predicted molar refractivity (Wildman–Crippen MR) is 86.7 cm³/mol. The lowest BCUT2D eigenvalue weighted by atomic mass is 9.92. The van der Waals surface area contributed by atoms with E-state index in [1.54, 1.807) is 4.68 Å². The zero-order valence-corrected chi connectivity index (χ0v) is 13.5. The van der Waals surface area contributed by atoms with E-state index < -0.39 is 0 Å². The van der Waals surface area contributed by atoms with E-state index in [1.807, 2.05) is 19.4 Å². The number of hydrogen-bond acceptors (Lipinski definition) is 2. The quantitative estimate of drug-likeness (QED) is 0.921. The fraction of sp³-hybridized carbons (Fsp3) is 0.444. The van der Waals surface area contributed by atoms with Gasteiger partial charge in [0, 0.05) is 19.8 Å². The second-order valence-electron chi connectivity index (χ2n) is 6.49. The van der Waals surface area contributed by atoms with Gasteiger partial charge in [0.05, 0.1) is 11.6 Å². The van der Waals surface area contributed by atoms with Crippen LogP contribution in [0.3, 0.4) is 0 Å². The third kappa shape index (κ3) is 2.91. The number of carbonyl (C=O) groups excluding carboxylic acids is 1. The zero-order chi connectivity index (χ0) is 15.7. The van der Waals surface area contributed by atoms with E-state index in [0.717, 1.165) is 24.8 Å². The lowest BCUT2D eigenvalue weighted by Gasteiger charge is -2.17. The molecule has 1 aliphatic rings. The Morgan fingerprint density at radius 1 is 1.27 bits per heavy atom. The summed E-state index contributed by atoms with van der Waals surface area (Å²) in [5.41, 5.74) is 4.49. The van der Waals surface area contributed by atoms with Gasteiger partial charge in [-0.2, -0.15) is 5.10 Å². The number of amides is 1. The first-order valence-electron chi connectivity index (χ1n) is 7.84. The van der Waals surface area contributed by atoms with Gasteiger partial charge in [0.15, 0.2) is 0 Å². The Labute approximate surface area is 131 Å². The fourth-order valence-corrected chi connectivity index (χ4v) is 3.11. The maximum absolute atomic E-state index is 12.6. The number of nitrogens with one attached hydrogen (secondary N) is 1. The third-order valence-corrected chi connectivity index (χ3v) is 4.42. The number of carbonyl (C=O) groups is 1. The maximum atomic E-state index is 12.6. The van der Waals surface area contributed by atoms with Crippen LogP contribution in [0, 0.1) is 13.8 Å². The van der Waals surface area contributed by atoms with Crippen LogP contribution in [0.2, 0.25) is 0 Å². The van der Waals surface area contributed by atoms with Crippen molar-refractivity contribution < 1.29 is 4.79 Å². The number of aryl methyl sites for hydroxylation is 3. The molecule has 2 aromatic rings. The van der Waals surface area contributed by atoms with Crippen LogP contribution >= 0.6 is 0 Å². The first-order valence-corrected chi connectivity index (χ1v) is 7.84. The van der Waals surface area contributed by atoms with Crippen LogP contribution < -0.4 is 5.32 Å². The summed E-state index contributed by atoms with van der Waals surface area (Å²) < 4.78 is 1.79. The van der Waals surface area contributed by atoms with Crippen LogP contribution in [-0.2, 0) is 23.7 Å². The van der Waals surface area contributed by atoms with Crippen molar-refractivity contribution in [2.24, 2.45) is 7.05 Å². The Morgan fingerprint density at radius 2 is 1.95 bits per heavy atom. The van der Waals surface area contributed by atoms with Crippen molar-refractivity contribution in [2.45, 2.75) is 38.5 Å². The molecule has 1 amide bonds. The molecule has 1 saturated carbocycles. The molecule has 0 atom stereocenters. The van der Waals surface area contributed by atoms with Crippen LogP contribution in [0.25, 0.3) is 0 Å². The molecule has 4 nitrogen and oxygen atoms in total. The molecule has 4 heteroatoms. The average molecular weight is 297 g/mol. The molecule has 1 aliphatic carbocycles. The smallest absolute Gasteiger partial charge is 0.230 e. The Hall–Kier alpha value is -2.10. The van der Waals surface area contributed by atoms with Crippen LogP contribution in [-0.4, -0.2) is 22.2 Å². The highest BCUT2D eigenvalue weighted by atomic mass is 16.2. The monoisotopic (exact) mass is 297 g/mol. The van der Waals surface area contributed by atoms with Gasteiger partial charge in [0.1, 0.15) is 0 Å². The molecule has 1 aromatic heterocycles. The minimum absolute atomic E-state index is 0.168. The first-order chi connectivity index (χ1) is 10.5. The molecule has 0 bridgehead atoms. The number of hydrogen-bond donors (Lipinski definition) is 1. The van der Waals surface area contributed by atoms with Gasteiger partial charge in [-0.3, -0.25) is 9.48 Å². The van der Waals surface area contributed by atoms with Crippen molar-refractivity contribution in [1.82, 2.24) is 15.1 Å². The molecule has 1 N–H and O–H groups in total. The van der Waals surface area contributed by atoms with Gasteiger partial charge in [-0.15, -0.1) is 0 Å². The molecule has 0 spiro atoms. The molecule has 116 valence electrons. The number of nitrogens with zero attached hydrogens (tertiary/aromatic N) is 2. The molecule has 1 fully saturated rings. The summed E-state index contributed by atoms with van der Waals surface area (Å²) in [6.45, 7) is 4.84. The minimum atomic E-state index is -0.286. The summed E-state index contributed by atoms with van der Waals surface area (Å²) in [5, 5.41) is 7.25. The van der Waals surface area contributed by atoms with Crippen molar-refractivity contribution in [3.8, 4) is 0 Å². The molecule has 3 rings (SSSR count). The van der Waals surface area contributed by atoms with Crippen molar-refractivity contribution in [2.75, 3.05) is 6.54 Å². The molecule has 1 heterocycles. The largest absolute Gasteiger partial charge is 0.355 e. The highest BCUT2D eigenvalue weighted by Gasteiger charge is 2.51. The second kappa shape index (κ2) is 5.59. The van der Waals surface area contributed by atoms with E-state index in [-0.39, 0.29) is 11.3 Å². The Balaban J connectivity index is 1.64. The van der Waals surface area contributed by atoms with Crippen molar-refractivity contribution in [3.05, 3.63) is 52.8 Å². The lowest BCUT2D eigenvalue weighted by Crippen LogP contribution is -2.36. The number of rotatable bonds is 5. The Morgan fingerprint density at radius 3 is 2.50 bits per heavy atom. The SMILES string of the molecule is Cc1cc(C)cc(C2(C(=O)NCCc3cnn(C)c3)CC2)c1. The molecule has 22 heavy (non-hydrogen) atoms. The van der Waals surface area contributed by atoms with Gasteiger partial charge in [-0.1, -0.05) is 29.3 Å². The summed E-state index contributed by atoms with van der Waals surface area (Å²) >= 11 is 0. The Kier molecular flexibility index (Phi) is 3.77. The minimum Gasteiger partial charge on any atom is -0.355 e. The maximum Gasteiger partial charge on any atom is 0.230 e. The van der Waals surface area contributed by atoms with Crippen LogP contribution in [0.1, 0.15) is 35.1 Å². The first kappa shape index (κ1) is 14.8. The standard InChI is InChI=1S/C18H23N3O/c1-13-8-14(2)10-16(9-13)18(5-6-18)17(22)19-7-4-15-11-20-21(3)12-15/h8-12H,4-7H2,1-3H3,(H,19,22). The summed E-state index contributed by atoms with van der Waals surface area (Å²) in [6.07, 6.45) is 6.57. The average Bonchev–Trinajstić information content (AvgIpc) is 3.16. The van der Waals surface area contributed by atoms with Crippen LogP contribution in [0.4, 0.5) is 0 Å². The Bertz CT molecular complexity index is 678. The van der Waals surface area contributed by atoms with Gasteiger partial charge < -0.3 is 5.32 Å². The molecular formula is C18H23N3O. The zero-order valence-electron chi connectivity index (χ0n) is 13.5. The van der Waals surface area contributed by atoms with E-state index in [2.05, 4.69) is 42.5 Å². The van der Waals surface area contributed by atoms with Gasteiger partial charge in [-0.25, -0.2) is 0 Å². The van der Waals surface area contributed by atoms with E-state index in [1.165, 1.54) is 16.7 Å². The number of aromatic nitrogens is 2. The summed E-state index contributed by atoms with van der Waals surface area (Å²) in [4.78, 5) is 12.6. The second-order valence-corrected chi connectivity index (χ2v) is 6.49. The molecule has 0 aliphatic heterocycles. The predicted octanol–water partition coefficient (Wildman–Crippen LogP) is 2.43. The van der Waals surface area contributed by atoms with Crippen LogP contribution in [0.15, 0.2) is 30.6 Å².